The molecule has 3 aromatic heterocycles. The van der Waals surface area contributed by atoms with Gasteiger partial charge in [-0.3, -0.25) is 0 Å². The number of ether oxygens (including phenoxy) is 3. The summed E-state index contributed by atoms with van der Waals surface area (Å²) in [5.41, 5.74) is 7.02. The summed E-state index contributed by atoms with van der Waals surface area (Å²) in [7, 11) is 1.85. The van der Waals surface area contributed by atoms with E-state index in [1.807, 2.05) is 70.9 Å². The molecule has 8 nitrogen and oxygen atoms in total. The lowest BCUT2D eigenvalue weighted by Crippen LogP contribution is -2.22. The number of fused-ring (bicyclic) bond motifs is 1. The van der Waals surface area contributed by atoms with Gasteiger partial charge in [0.1, 0.15) is 24.0 Å². The zero-order valence-electron chi connectivity index (χ0n) is 24.5. The van der Waals surface area contributed by atoms with Gasteiger partial charge in [0.25, 0.3) is 0 Å². The Hall–Kier alpha value is -4.21. The van der Waals surface area contributed by atoms with Crippen LogP contribution in [-0.2, 0) is 16.2 Å². The zero-order chi connectivity index (χ0) is 29.1. The Labute approximate surface area is 241 Å². The number of methoxy groups -OCH3 is 2. The molecule has 0 aliphatic carbocycles. The maximum Gasteiger partial charge on any atom is 0.337 e. The summed E-state index contributed by atoms with van der Waals surface area (Å²) in [4.78, 5) is 17.0. The van der Waals surface area contributed by atoms with Gasteiger partial charge in [-0.15, -0.1) is 0 Å². The molecule has 212 valence electrons. The molecule has 0 bridgehead atoms. The third kappa shape index (κ3) is 6.11. The first-order valence-corrected chi connectivity index (χ1v) is 17.3. The highest BCUT2D eigenvalue weighted by atomic mass is 28.3. The van der Waals surface area contributed by atoms with Crippen molar-refractivity contribution in [1.82, 2.24) is 19.2 Å². The minimum atomic E-state index is -1.20. The van der Waals surface area contributed by atoms with Crippen LogP contribution < -0.4 is 4.74 Å². The quantitative estimate of drug-likeness (QED) is 0.103. The van der Waals surface area contributed by atoms with Crippen molar-refractivity contribution in [2.24, 2.45) is 0 Å². The Bertz CT molecular complexity index is 1680. The summed E-state index contributed by atoms with van der Waals surface area (Å²) in [5.74, 6) is 1.19. The second-order valence-corrected chi connectivity index (χ2v) is 16.9. The first-order chi connectivity index (χ1) is 19.7. The number of aromatic nitrogens is 4. The molecular weight excluding hydrogens is 532 g/mol. The molecule has 3 heterocycles. The lowest BCUT2D eigenvalue weighted by atomic mass is 9.97. The fourth-order valence-corrected chi connectivity index (χ4v) is 5.50. The summed E-state index contributed by atoms with van der Waals surface area (Å²) >= 11 is 0. The smallest absolute Gasteiger partial charge is 0.337 e. The van der Waals surface area contributed by atoms with Crippen LogP contribution in [0.5, 0.6) is 5.75 Å². The van der Waals surface area contributed by atoms with Crippen molar-refractivity contribution < 1.29 is 19.0 Å². The number of carbonyl (C=O) groups is 1. The van der Waals surface area contributed by atoms with Crippen LogP contribution in [0.25, 0.3) is 39.3 Å². The number of pyridine rings is 1. The van der Waals surface area contributed by atoms with E-state index in [0.29, 0.717) is 18.9 Å². The zero-order valence-corrected chi connectivity index (χ0v) is 25.5. The molecule has 0 spiro atoms. The molecule has 0 aliphatic heterocycles. The van der Waals surface area contributed by atoms with Gasteiger partial charge >= 0.3 is 5.97 Å². The molecule has 9 heteroatoms. The van der Waals surface area contributed by atoms with Gasteiger partial charge in [0.05, 0.1) is 30.9 Å². The monoisotopic (exact) mass is 568 g/mol. The van der Waals surface area contributed by atoms with Crippen LogP contribution in [0.2, 0.25) is 25.7 Å². The average molecular weight is 569 g/mol. The fraction of sp³-hybridized carbons (Fsp3) is 0.281. The normalized spacial score (nSPS) is 11.7. The first kappa shape index (κ1) is 28.3. The molecule has 5 rings (SSSR count). The summed E-state index contributed by atoms with van der Waals surface area (Å²) in [6.07, 6.45) is 5.69. The molecule has 0 radical (unpaired) electrons. The van der Waals surface area contributed by atoms with Gasteiger partial charge in [-0.05, 0) is 78.2 Å². The SMILES string of the molecule is COC(=O)c1ccc(C)c(-c2ccn3nc(-c4ccc(OC)cc4)c(-c4nccn4COCC[Si](C)(C)C)c3c2)c1. The molecule has 0 atom stereocenters. The van der Waals surface area contributed by atoms with Crippen molar-refractivity contribution in [2.75, 3.05) is 20.8 Å². The van der Waals surface area contributed by atoms with Gasteiger partial charge in [-0.25, -0.2) is 14.3 Å². The third-order valence-electron chi connectivity index (χ3n) is 7.13. The molecule has 0 saturated heterocycles. The van der Waals surface area contributed by atoms with Gasteiger partial charge in [-0.2, -0.15) is 5.10 Å². The Morgan fingerprint density at radius 1 is 0.951 bits per heavy atom. The topological polar surface area (TPSA) is 79.9 Å². The Balaban J connectivity index is 1.64. The van der Waals surface area contributed by atoms with Crippen molar-refractivity contribution >= 4 is 19.6 Å². The first-order valence-electron chi connectivity index (χ1n) is 13.6. The number of esters is 1. The van der Waals surface area contributed by atoms with E-state index in [4.69, 9.17) is 24.3 Å². The molecule has 0 fully saturated rings. The second-order valence-electron chi connectivity index (χ2n) is 11.3. The van der Waals surface area contributed by atoms with Crippen molar-refractivity contribution in [3.63, 3.8) is 0 Å². The third-order valence-corrected chi connectivity index (χ3v) is 8.84. The summed E-state index contributed by atoms with van der Waals surface area (Å²) < 4.78 is 20.4. The number of hydrogen-bond donors (Lipinski definition) is 0. The summed E-state index contributed by atoms with van der Waals surface area (Å²) in [6.45, 7) is 10.2. The minimum Gasteiger partial charge on any atom is -0.497 e. The van der Waals surface area contributed by atoms with E-state index in [2.05, 4.69) is 25.7 Å². The average Bonchev–Trinajstić information content (AvgIpc) is 3.58. The number of carbonyl (C=O) groups excluding carboxylic acids is 1. The van der Waals surface area contributed by atoms with E-state index in [9.17, 15) is 4.79 Å². The van der Waals surface area contributed by atoms with E-state index >= 15 is 0 Å². The Morgan fingerprint density at radius 3 is 2.44 bits per heavy atom. The van der Waals surface area contributed by atoms with Gasteiger partial charge in [0, 0.05) is 38.8 Å². The van der Waals surface area contributed by atoms with Gasteiger partial charge < -0.3 is 18.8 Å². The van der Waals surface area contributed by atoms with Crippen LogP contribution in [0, 0.1) is 6.92 Å². The van der Waals surface area contributed by atoms with Gasteiger partial charge in [0.15, 0.2) is 0 Å². The molecular formula is C32H36N4O4Si. The van der Waals surface area contributed by atoms with Crippen LogP contribution in [0.4, 0.5) is 0 Å². The standard InChI is InChI=1S/C32H36N4O4Si/c1-22-7-8-25(32(37)39-3)19-27(22)24-13-15-36-28(20-24)29(30(34-36)23-9-11-26(38-2)12-10-23)31-33-14-16-35(31)21-40-17-18-41(4,5)6/h7-16,19-20H,17-18,21H2,1-6H3. The highest BCUT2D eigenvalue weighted by Gasteiger charge is 2.22. The molecule has 0 aliphatic rings. The fourth-order valence-electron chi connectivity index (χ4n) is 4.75. The van der Waals surface area contributed by atoms with E-state index in [1.165, 1.54) is 7.11 Å². The van der Waals surface area contributed by atoms with Crippen molar-refractivity contribution in [3.8, 4) is 39.5 Å². The number of aryl methyl sites for hydroxylation is 1. The largest absolute Gasteiger partial charge is 0.497 e. The van der Waals surface area contributed by atoms with E-state index in [0.717, 1.165) is 56.6 Å². The molecule has 0 amide bonds. The van der Waals surface area contributed by atoms with Crippen LogP contribution in [0.1, 0.15) is 15.9 Å². The summed E-state index contributed by atoms with van der Waals surface area (Å²) in [5, 5.41) is 4.99. The van der Waals surface area contributed by atoms with Crippen LogP contribution >= 0.6 is 0 Å². The van der Waals surface area contributed by atoms with E-state index in [-0.39, 0.29) is 5.97 Å². The minimum absolute atomic E-state index is 0.365. The number of nitrogens with zero attached hydrogens (tertiary/aromatic N) is 4. The number of benzene rings is 2. The maximum absolute atomic E-state index is 12.3. The van der Waals surface area contributed by atoms with E-state index in [1.54, 1.807) is 19.4 Å². The Morgan fingerprint density at radius 2 is 1.73 bits per heavy atom. The molecule has 0 saturated carbocycles. The predicted octanol–water partition coefficient (Wildman–Crippen LogP) is 6.95. The van der Waals surface area contributed by atoms with Crippen LogP contribution in [0.3, 0.4) is 0 Å². The number of imidazole rings is 1. The Kier molecular flexibility index (Phi) is 8.10. The van der Waals surface area contributed by atoms with Gasteiger partial charge in [-0.1, -0.05) is 25.7 Å². The highest BCUT2D eigenvalue weighted by molar-refractivity contribution is 6.76. The molecule has 0 unspecified atom stereocenters. The lowest BCUT2D eigenvalue weighted by Gasteiger charge is -2.16. The second kappa shape index (κ2) is 11.7. The van der Waals surface area contributed by atoms with Crippen molar-refractivity contribution in [3.05, 3.63) is 84.3 Å². The number of rotatable bonds is 10. The molecule has 0 N–H and O–H groups in total. The van der Waals surface area contributed by atoms with Crippen molar-refractivity contribution in [1.29, 1.82) is 0 Å². The van der Waals surface area contributed by atoms with E-state index < -0.39 is 8.07 Å². The summed E-state index contributed by atoms with van der Waals surface area (Å²) in [6, 6.07) is 18.7. The van der Waals surface area contributed by atoms with Crippen LogP contribution in [0.15, 0.2) is 73.2 Å². The maximum atomic E-state index is 12.3. The molecule has 5 aromatic rings. The number of hydrogen-bond acceptors (Lipinski definition) is 6. The molecule has 2 aromatic carbocycles. The van der Waals surface area contributed by atoms with Gasteiger partial charge in [0.2, 0.25) is 0 Å². The predicted molar refractivity (Wildman–Crippen MR) is 164 cm³/mol. The molecule has 41 heavy (non-hydrogen) atoms. The van der Waals surface area contributed by atoms with Crippen molar-refractivity contribution in [2.45, 2.75) is 39.3 Å². The lowest BCUT2D eigenvalue weighted by molar-refractivity contribution is 0.0600. The van der Waals surface area contributed by atoms with Crippen LogP contribution in [-0.4, -0.2) is 54.0 Å². The highest BCUT2D eigenvalue weighted by Crippen LogP contribution is 2.37.